The third-order valence-corrected chi connectivity index (χ3v) is 3.71. The first-order valence-electron chi connectivity index (χ1n) is 6.97. The Bertz CT molecular complexity index is 611. The van der Waals surface area contributed by atoms with Gasteiger partial charge in [0.25, 0.3) is 0 Å². The van der Waals surface area contributed by atoms with Crippen molar-refractivity contribution in [2.45, 2.75) is 6.42 Å². The van der Waals surface area contributed by atoms with Crippen LogP contribution in [0.25, 0.3) is 6.08 Å². The van der Waals surface area contributed by atoms with E-state index in [0.717, 1.165) is 5.56 Å². The summed E-state index contributed by atoms with van der Waals surface area (Å²) in [4.78, 5) is 27.0. The van der Waals surface area contributed by atoms with E-state index in [2.05, 4.69) is 0 Å². The van der Waals surface area contributed by atoms with Crippen LogP contribution in [0.2, 0.25) is 5.02 Å². The van der Waals surface area contributed by atoms with E-state index >= 15 is 0 Å². The Balaban J connectivity index is 1.86. The molecule has 1 aliphatic rings. The van der Waals surface area contributed by atoms with E-state index in [9.17, 15) is 9.59 Å². The first kappa shape index (κ1) is 16.1. The highest BCUT2D eigenvalue weighted by Gasteiger charge is 2.22. The third-order valence-electron chi connectivity index (χ3n) is 3.46. The minimum absolute atomic E-state index is 0.0812. The van der Waals surface area contributed by atoms with E-state index in [1.807, 2.05) is 18.2 Å². The number of hydrogen-bond donors (Lipinski definition) is 0. The van der Waals surface area contributed by atoms with Crippen LogP contribution in [-0.2, 0) is 9.59 Å². The Morgan fingerprint density at radius 2 is 1.73 bits per heavy atom. The van der Waals surface area contributed by atoms with Crippen molar-refractivity contribution < 1.29 is 9.59 Å². The molecule has 22 heavy (non-hydrogen) atoms. The maximum absolute atomic E-state index is 12.1. The fourth-order valence-electron chi connectivity index (χ4n) is 2.20. The monoisotopic (exact) mass is 317 g/mol. The molecule has 0 aromatic heterocycles. The van der Waals surface area contributed by atoms with E-state index < -0.39 is 0 Å². The van der Waals surface area contributed by atoms with Crippen molar-refractivity contribution in [1.82, 2.24) is 9.80 Å². The van der Waals surface area contributed by atoms with Crippen molar-refractivity contribution in [2.75, 3.05) is 26.2 Å². The van der Waals surface area contributed by atoms with Crippen LogP contribution in [0.4, 0.5) is 0 Å². The molecule has 0 spiro atoms. The molecule has 1 heterocycles. The van der Waals surface area contributed by atoms with E-state index in [-0.39, 0.29) is 18.2 Å². The second-order valence-corrected chi connectivity index (χ2v) is 5.36. The number of carbonyl (C=O) groups excluding carboxylic acids is 2. The van der Waals surface area contributed by atoms with Crippen molar-refractivity contribution in [1.29, 1.82) is 5.26 Å². The number of halogens is 1. The molecular formula is C16H16ClN3O2. The summed E-state index contributed by atoms with van der Waals surface area (Å²) in [6.07, 6.45) is 3.16. The van der Waals surface area contributed by atoms with Crippen molar-refractivity contribution >= 4 is 29.5 Å². The molecule has 1 saturated heterocycles. The van der Waals surface area contributed by atoms with Gasteiger partial charge in [0.15, 0.2) is 0 Å². The van der Waals surface area contributed by atoms with Crippen molar-refractivity contribution in [3.8, 4) is 6.07 Å². The maximum Gasteiger partial charge on any atom is 0.246 e. The molecule has 1 aromatic carbocycles. The van der Waals surface area contributed by atoms with Gasteiger partial charge in [0.1, 0.15) is 6.42 Å². The summed E-state index contributed by atoms with van der Waals surface area (Å²) in [5, 5.41) is 9.18. The first-order chi connectivity index (χ1) is 10.6. The Morgan fingerprint density at radius 1 is 1.14 bits per heavy atom. The number of hydrogen-bond acceptors (Lipinski definition) is 3. The Labute approximate surface area is 134 Å². The van der Waals surface area contributed by atoms with Gasteiger partial charge in [-0.3, -0.25) is 9.59 Å². The predicted octanol–water partition coefficient (Wildman–Crippen LogP) is 1.94. The maximum atomic E-state index is 12.1. The lowest BCUT2D eigenvalue weighted by Gasteiger charge is -2.33. The van der Waals surface area contributed by atoms with Gasteiger partial charge in [-0.05, 0) is 23.8 Å². The van der Waals surface area contributed by atoms with E-state index in [0.29, 0.717) is 31.2 Å². The van der Waals surface area contributed by atoms with Gasteiger partial charge in [-0.15, -0.1) is 0 Å². The van der Waals surface area contributed by atoms with Crippen molar-refractivity contribution in [3.05, 3.63) is 40.9 Å². The molecule has 0 radical (unpaired) electrons. The number of carbonyl (C=O) groups is 2. The molecule has 6 heteroatoms. The number of amides is 2. The van der Waals surface area contributed by atoms with Gasteiger partial charge in [-0.1, -0.05) is 23.7 Å². The Kier molecular flexibility index (Phi) is 5.56. The third kappa shape index (κ3) is 4.34. The molecule has 1 aromatic rings. The van der Waals surface area contributed by atoms with Gasteiger partial charge < -0.3 is 9.80 Å². The van der Waals surface area contributed by atoms with Gasteiger partial charge in [-0.25, -0.2) is 0 Å². The molecule has 0 bridgehead atoms. The predicted molar refractivity (Wildman–Crippen MR) is 83.9 cm³/mol. The fourth-order valence-corrected chi connectivity index (χ4v) is 2.33. The van der Waals surface area contributed by atoms with Crippen LogP contribution in [0, 0.1) is 11.3 Å². The van der Waals surface area contributed by atoms with Crippen LogP contribution in [0.15, 0.2) is 30.3 Å². The zero-order chi connectivity index (χ0) is 15.9. The lowest BCUT2D eigenvalue weighted by molar-refractivity contribution is -0.136. The van der Waals surface area contributed by atoms with Crippen LogP contribution >= 0.6 is 11.6 Å². The van der Waals surface area contributed by atoms with Gasteiger partial charge in [0, 0.05) is 37.3 Å². The molecule has 0 aliphatic carbocycles. The quantitative estimate of drug-likeness (QED) is 0.800. The lowest BCUT2D eigenvalue weighted by Crippen LogP contribution is -2.50. The first-order valence-corrected chi connectivity index (χ1v) is 7.35. The minimum atomic E-state index is -0.175. The minimum Gasteiger partial charge on any atom is -0.338 e. The summed E-state index contributed by atoms with van der Waals surface area (Å²) in [5.41, 5.74) is 0.903. The molecule has 0 N–H and O–H groups in total. The Hall–Kier alpha value is -2.32. The van der Waals surface area contributed by atoms with Crippen LogP contribution < -0.4 is 0 Å². The molecular weight excluding hydrogens is 302 g/mol. The summed E-state index contributed by atoms with van der Waals surface area (Å²) < 4.78 is 0. The van der Waals surface area contributed by atoms with Crippen LogP contribution in [-0.4, -0.2) is 47.8 Å². The SMILES string of the molecule is N#CCC(=O)N1CCN(C(=O)/C=C/c2ccc(Cl)cc2)CC1. The molecule has 0 atom stereocenters. The van der Waals surface area contributed by atoms with Gasteiger partial charge in [0.05, 0.1) is 6.07 Å². The highest BCUT2D eigenvalue weighted by atomic mass is 35.5. The topological polar surface area (TPSA) is 64.4 Å². The van der Waals surface area contributed by atoms with Crippen molar-refractivity contribution in [3.63, 3.8) is 0 Å². The standard InChI is InChI=1S/C16H16ClN3O2/c17-14-4-1-13(2-5-14)3-6-15(21)19-9-11-20(12-10-19)16(22)7-8-18/h1-6H,7,9-12H2/b6-3+. The second kappa shape index (κ2) is 7.62. The normalized spacial score (nSPS) is 14.9. The van der Waals surface area contributed by atoms with Gasteiger partial charge >= 0.3 is 0 Å². The second-order valence-electron chi connectivity index (χ2n) is 4.93. The van der Waals surface area contributed by atoms with Gasteiger partial charge in [-0.2, -0.15) is 5.26 Å². The molecule has 0 unspecified atom stereocenters. The zero-order valence-electron chi connectivity index (χ0n) is 12.0. The number of benzene rings is 1. The number of nitrogens with zero attached hydrogens (tertiary/aromatic N) is 3. The largest absolute Gasteiger partial charge is 0.338 e. The van der Waals surface area contributed by atoms with E-state index in [1.54, 1.807) is 28.0 Å². The van der Waals surface area contributed by atoms with Crippen LogP contribution in [0.3, 0.4) is 0 Å². The molecule has 5 nitrogen and oxygen atoms in total. The fraction of sp³-hybridized carbons (Fsp3) is 0.312. The summed E-state index contributed by atoms with van der Waals surface area (Å²) in [7, 11) is 0. The lowest BCUT2D eigenvalue weighted by atomic mass is 10.2. The average Bonchev–Trinajstić information content (AvgIpc) is 2.54. The summed E-state index contributed by atoms with van der Waals surface area (Å²) in [5.74, 6) is -0.256. The highest BCUT2D eigenvalue weighted by molar-refractivity contribution is 6.30. The van der Waals surface area contributed by atoms with Crippen LogP contribution in [0.5, 0.6) is 0 Å². The van der Waals surface area contributed by atoms with Crippen LogP contribution in [0.1, 0.15) is 12.0 Å². The Morgan fingerprint density at radius 3 is 2.32 bits per heavy atom. The summed E-state index contributed by atoms with van der Waals surface area (Å²) >= 11 is 5.81. The molecule has 1 fully saturated rings. The van der Waals surface area contributed by atoms with E-state index in [1.165, 1.54) is 6.08 Å². The highest BCUT2D eigenvalue weighted by Crippen LogP contribution is 2.11. The number of rotatable bonds is 3. The molecule has 114 valence electrons. The molecule has 1 aliphatic heterocycles. The zero-order valence-corrected chi connectivity index (χ0v) is 12.8. The van der Waals surface area contributed by atoms with Gasteiger partial charge in [0.2, 0.25) is 11.8 Å². The number of nitriles is 1. The van der Waals surface area contributed by atoms with Crippen molar-refractivity contribution in [2.24, 2.45) is 0 Å². The summed E-state index contributed by atoms with van der Waals surface area (Å²) in [6, 6.07) is 9.06. The van der Waals surface area contributed by atoms with E-state index in [4.69, 9.17) is 16.9 Å². The molecule has 2 rings (SSSR count). The smallest absolute Gasteiger partial charge is 0.246 e. The summed E-state index contributed by atoms with van der Waals surface area (Å²) in [6.45, 7) is 1.92. The molecule has 0 saturated carbocycles. The molecule has 2 amide bonds. The number of piperazine rings is 1. The average molecular weight is 318 g/mol.